The predicted molar refractivity (Wildman–Crippen MR) is 97.9 cm³/mol. The van der Waals surface area contributed by atoms with E-state index in [1.54, 1.807) is 40.2 Å². The van der Waals surface area contributed by atoms with Gasteiger partial charge in [0.1, 0.15) is 11.8 Å². The van der Waals surface area contributed by atoms with Crippen LogP contribution in [-0.4, -0.2) is 55.0 Å². The number of alkyl halides is 3. The van der Waals surface area contributed by atoms with E-state index in [4.69, 9.17) is 4.74 Å². The summed E-state index contributed by atoms with van der Waals surface area (Å²) in [7, 11) is 0. The van der Waals surface area contributed by atoms with Crippen LogP contribution in [0.25, 0.3) is 5.82 Å². The fourth-order valence-electron chi connectivity index (χ4n) is 3.12. The molecule has 11 heteroatoms. The van der Waals surface area contributed by atoms with Crippen LogP contribution >= 0.6 is 0 Å². The molecule has 3 aromatic rings. The van der Waals surface area contributed by atoms with Crippen LogP contribution in [-0.2, 0) is 6.18 Å². The Labute approximate surface area is 169 Å². The average molecular weight is 418 g/mol. The van der Waals surface area contributed by atoms with Gasteiger partial charge < -0.3 is 9.64 Å². The van der Waals surface area contributed by atoms with Gasteiger partial charge in [0.15, 0.2) is 5.82 Å². The molecule has 156 valence electrons. The lowest BCUT2D eigenvalue weighted by Gasteiger charge is -2.31. The molecule has 3 aromatic heterocycles. The Kier molecular flexibility index (Phi) is 5.34. The molecule has 0 atom stereocenters. The maximum Gasteiger partial charge on any atom is 0.433 e. The van der Waals surface area contributed by atoms with E-state index in [0.717, 1.165) is 18.3 Å². The Morgan fingerprint density at radius 1 is 1.10 bits per heavy atom. The third-order valence-electron chi connectivity index (χ3n) is 4.68. The molecule has 0 N–H and O–H groups in total. The molecule has 1 fully saturated rings. The molecule has 0 saturated carbocycles. The molecule has 0 spiro atoms. The molecule has 30 heavy (non-hydrogen) atoms. The SMILES string of the molecule is O=C(c1ccc(C(F)(F)F)nc1)N1CCC(Oc2ccc(-n3cccn3)nn2)CC1. The predicted octanol–water partition coefficient (Wildman–Crippen LogP) is 2.76. The van der Waals surface area contributed by atoms with Gasteiger partial charge in [0.2, 0.25) is 5.88 Å². The second-order valence-corrected chi connectivity index (χ2v) is 6.72. The van der Waals surface area contributed by atoms with E-state index in [0.29, 0.717) is 37.6 Å². The number of likely N-dealkylation sites (tertiary alicyclic amines) is 1. The fourth-order valence-corrected chi connectivity index (χ4v) is 3.12. The van der Waals surface area contributed by atoms with Gasteiger partial charge in [-0.2, -0.15) is 18.3 Å². The molecule has 4 rings (SSSR count). The summed E-state index contributed by atoms with van der Waals surface area (Å²) < 4.78 is 45.2. The monoisotopic (exact) mass is 418 g/mol. The molecule has 0 unspecified atom stereocenters. The number of ether oxygens (including phenoxy) is 1. The molecule has 4 heterocycles. The van der Waals surface area contributed by atoms with Gasteiger partial charge >= 0.3 is 6.18 Å². The van der Waals surface area contributed by atoms with E-state index in [-0.39, 0.29) is 17.6 Å². The average Bonchev–Trinajstić information content (AvgIpc) is 3.29. The van der Waals surface area contributed by atoms with Gasteiger partial charge in [0, 0.05) is 50.6 Å². The highest BCUT2D eigenvalue weighted by atomic mass is 19.4. The van der Waals surface area contributed by atoms with Crippen LogP contribution in [0.15, 0.2) is 48.9 Å². The lowest BCUT2D eigenvalue weighted by atomic mass is 10.1. The van der Waals surface area contributed by atoms with Crippen LogP contribution in [0.3, 0.4) is 0 Å². The Balaban J connectivity index is 1.31. The minimum absolute atomic E-state index is 0.127. The van der Waals surface area contributed by atoms with Crippen molar-refractivity contribution in [3.05, 3.63) is 60.2 Å². The topological polar surface area (TPSA) is 86.0 Å². The van der Waals surface area contributed by atoms with E-state index in [9.17, 15) is 18.0 Å². The van der Waals surface area contributed by atoms with Crippen molar-refractivity contribution in [1.29, 1.82) is 0 Å². The summed E-state index contributed by atoms with van der Waals surface area (Å²) in [4.78, 5) is 17.4. The first-order valence-corrected chi connectivity index (χ1v) is 9.23. The Hall–Kier alpha value is -3.50. The molecule has 0 aliphatic carbocycles. The molecule has 0 aromatic carbocycles. The summed E-state index contributed by atoms with van der Waals surface area (Å²) in [6.45, 7) is 0.840. The number of hydrogen-bond acceptors (Lipinski definition) is 6. The summed E-state index contributed by atoms with van der Waals surface area (Å²) in [5.41, 5.74) is -0.895. The number of hydrogen-bond donors (Lipinski definition) is 0. The summed E-state index contributed by atoms with van der Waals surface area (Å²) in [5.74, 6) is 0.596. The van der Waals surface area contributed by atoms with Crippen molar-refractivity contribution in [2.24, 2.45) is 0 Å². The van der Waals surface area contributed by atoms with Crippen molar-refractivity contribution < 1.29 is 22.7 Å². The number of halogens is 3. The summed E-state index contributed by atoms with van der Waals surface area (Å²) in [6.07, 6.45) is 0.835. The zero-order chi connectivity index (χ0) is 21.1. The summed E-state index contributed by atoms with van der Waals surface area (Å²) >= 11 is 0. The van der Waals surface area contributed by atoms with Crippen molar-refractivity contribution in [3.8, 4) is 11.7 Å². The minimum atomic E-state index is -4.53. The molecule has 8 nitrogen and oxygen atoms in total. The van der Waals surface area contributed by atoms with Gasteiger partial charge in [0.25, 0.3) is 5.91 Å². The van der Waals surface area contributed by atoms with Crippen LogP contribution < -0.4 is 4.74 Å². The number of pyridine rings is 1. The number of nitrogens with zero attached hydrogens (tertiary/aromatic N) is 6. The van der Waals surface area contributed by atoms with E-state index >= 15 is 0 Å². The Morgan fingerprint density at radius 2 is 1.90 bits per heavy atom. The van der Waals surface area contributed by atoms with Crippen LogP contribution in [0.4, 0.5) is 13.2 Å². The number of amides is 1. The third-order valence-corrected chi connectivity index (χ3v) is 4.68. The van der Waals surface area contributed by atoms with Crippen LogP contribution in [0.1, 0.15) is 28.9 Å². The summed E-state index contributed by atoms with van der Waals surface area (Å²) in [6, 6.07) is 7.19. The highest BCUT2D eigenvalue weighted by Crippen LogP contribution is 2.27. The first kappa shape index (κ1) is 19.8. The summed E-state index contributed by atoms with van der Waals surface area (Å²) in [5, 5.41) is 12.2. The minimum Gasteiger partial charge on any atom is -0.473 e. The van der Waals surface area contributed by atoms with Crippen molar-refractivity contribution in [1.82, 2.24) is 29.9 Å². The smallest absolute Gasteiger partial charge is 0.433 e. The molecule has 1 aliphatic rings. The Bertz CT molecular complexity index is 983. The third kappa shape index (κ3) is 4.39. The van der Waals surface area contributed by atoms with E-state index in [1.165, 1.54) is 0 Å². The highest BCUT2D eigenvalue weighted by molar-refractivity contribution is 5.94. The zero-order valence-corrected chi connectivity index (χ0v) is 15.7. The second-order valence-electron chi connectivity index (χ2n) is 6.72. The largest absolute Gasteiger partial charge is 0.473 e. The molecule has 0 bridgehead atoms. The van der Waals surface area contributed by atoms with Crippen molar-refractivity contribution >= 4 is 5.91 Å². The Morgan fingerprint density at radius 3 is 2.47 bits per heavy atom. The molecule has 1 amide bonds. The van der Waals surface area contributed by atoms with Crippen LogP contribution in [0.5, 0.6) is 5.88 Å². The van der Waals surface area contributed by atoms with E-state index < -0.39 is 11.9 Å². The maximum atomic E-state index is 12.6. The molecule has 1 aliphatic heterocycles. The number of carbonyl (C=O) groups is 1. The van der Waals surface area contributed by atoms with Gasteiger partial charge in [-0.3, -0.25) is 9.78 Å². The standard InChI is InChI=1S/C19H17F3N6O2/c20-19(21,22)15-3-2-13(12-23-15)18(29)27-10-6-14(7-11-27)30-17-5-4-16(25-26-17)28-9-1-8-24-28/h1-5,8-9,12,14H,6-7,10-11H2. The lowest BCUT2D eigenvalue weighted by Crippen LogP contribution is -2.42. The second kappa shape index (κ2) is 8.09. The first-order chi connectivity index (χ1) is 14.4. The normalized spacial score (nSPS) is 15.2. The van der Waals surface area contributed by atoms with Crippen molar-refractivity contribution in [2.45, 2.75) is 25.1 Å². The maximum absolute atomic E-state index is 12.6. The molecular weight excluding hydrogens is 401 g/mol. The first-order valence-electron chi connectivity index (χ1n) is 9.23. The number of aromatic nitrogens is 5. The van der Waals surface area contributed by atoms with Gasteiger partial charge in [-0.25, -0.2) is 4.68 Å². The van der Waals surface area contributed by atoms with Crippen molar-refractivity contribution in [2.75, 3.05) is 13.1 Å². The van der Waals surface area contributed by atoms with Crippen LogP contribution in [0.2, 0.25) is 0 Å². The number of piperidine rings is 1. The number of rotatable bonds is 4. The molecule has 1 saturated heterocycles. The van der Waals surface area contributed by atoms with E-state index in [2.05, 4.69) is 20.3 Å². The van der Waals surface area contributed by atoms with Gasteiger partial charge in [-0.15, -0.1) is 10.2 Å². The van der Waals surface area contributed by atoms with Gasteiger partial charge in [-0.1, -0.05) is 0 Å². The van der Waals surface area contributed by atoms with Gasteiger partial charge in [0.05, 0.1) is 5.56 Å². The fraction of sp³-hybridized carbons (Fsp3) is 0.316. The zero-order valence-electron chi connectivity index (χ0n) is 15.7. The van der Waals surface area contributed by atoms with Gasteiger partial charge in [-0.05, 0) is 24.3 Å². The lowest BCUT2D eigenvalue weighted by molar-refractivity contribution is -0.141. The molecule has 0 radical (unpaired) electrons. The van der Waals surface area contributed by atoms with Crippen molar-refractivity contribution in [3.63, 3.8) is 0 Å². The molecular formula is C19H17F3N6O2. The van der Waals surface area contributed by atoms with E-state index in [1.807, 2.05) is 0 Å². The number of carbonyl (C=O) groups excluding carboxylic acids is 1. The highest BCUT2D eigenvalue weighted by Gasteiger charge is 2.32. The van der Waals surface area contributed by atoms with Crippen LogP contribution in [0, 0.1) is 0 Å². The quantitative estimate of drug-likeness (QED) is 0.648.